The molecule has 1 atom stereocenters. The quantitative estimate of drug-likeness (QED) is 0.885. The average Bonchev–Trinajstić information content (AvgIpc) is 2.91. The molecule has 0 amide bonds. The minimum absolute atomic E-state index is 0.224. The molecule has 0 fully saturated rings. The molecule has 1 heterocycles. The summed E-state index contributed by atoms with van der Waals surface area (Å²) in [4.78, 5) is 4.52. The molecule has 0 radical (unpaired) electrons. The van der Waals surface area contributed by atoms with E-state index < -0.39 is 0 Å². The maximum Gasteiger partial charge on any atom is 0.161 e. The third kappa shape index (κ3) is 3.74. The van der Waals surface area contributed by atoms with Gasteiger partial charge in [0, 0.05) is 18.0 Å². The second-order valence-electron chi connectivity index (χ2n) is 5.03. The number of nitrogens with one attached hydrogen (secondary N) is 1. The minimum atomic E-state index is 0.224. The van der Waals surface area contributed by atoms with Crippen molar-refractivity contribution in [2.24, 2.45) is 0 Å². The molecule has 4 nitrogen and oxygen atoms in total. The lowest BCUT2D eigenvalue weighted by atomic mass is 10.1. The van der Waals surface area contributed by atoms with Gasteiger partial charge in [-0.1, -0.05) is 0 Å². The van der Waals surface area contributed by atoms with E-state index in [9.17, 15) is 0 Å². The lowest BCUT2D eigenvalue weighted by molar-refractivity contribution is 0.354. The fourth-order valence-corrected chi connectivity index (χ4v) is 2.87. The van der Waals surface area contributed by atoms with E-state index in [0.29, 0.717) is 0 Å². The first-order chi connectivity index (χ1) is 10.0. The summed E-state index contributed by atoms with van der Waals surface area (Å²) >= 11 is 1.68. The summed E-state index contributed by atoms with van der Waals surface area (Å²) in [6.07, 6.45) is 0. The van der Waals surface area contributed by atoms with Gasteiger partial charge in [-0.2, -0.15) is 0 Å². The molecule has 0 aliphatic heterocycles. The van der Waals surface area contributed by atoms with Crippen LogP contribution in [0.1, 0.15) is 34.8 Å². The minimum Gasteiger partial charge on any atom is -0.493 e. The molecule has 1 aromatic carbocycles. The normalized spacial score (nSPS) is 12.2. The molecule has 2 rings (SSSR count). The Balaban J connectivity index is 2.09. The Labute approximate surface area is 130 Å². The Morgan fingerprint density at radius 1 is 1.19 bits per heavy atom. The van der Waals surface area contributed by atoms with Crippen molar-refractivity contribution in [3.05, 3.63) is 39.3 Å². The summed E-state index contributed by atoms with van der Waals surface area (Å²) in [5.41, 5.74) is 3.48. The number of thiazole rings is 1. The lowest BCUT2D eigenvalue weighted by Crippen LogP contribution is -2.19. The number of aromatic nitrogens is 1. The van der Waals surface area contributed by atoms with E-state index >= 15 is 0 Å². The van der Waals surface area contributed by atoms with Crippen molar-refractivity contribution in [1.82, 2.24) is 10.3 Å². The summed E-state index contributed by atoms with van der Waals surface area (Å²) < 4.78 is 10.7. The Morgan fingerprint density at radius 3 is 2.43 bits per heavy atom. The largest absolute Gasteiger partial charge is 0.493 e. The Morgan fingerprint density at radius 2 is 1.86 bits per heavy atom. The molecule has 2 aromatic rings. The van der Waals surface area contributed by atoms with Gasteiger partial charge in [-0.15, -0.1) is 11.3 Å². The first-order valence-electron chi connectivity index (χ1n) is 6.92. The molecule has 0 spiro atoms. The van der Waals surface area contributed by atoms with E-state index in [2.05, 4.69) is 29.5 Å². The standard InChI is InChI=1S/C16H22N2O2S/c1-10-6-15(19-4)16(20-5)7-13(10)8-17-11(2)14-9-21-12(3)18-14/h6-7,9,11,17H,8H2,1-5H3/t11-/m1/s1. The van der Waals surface area contributed by atoms with Crippen LogP contribution in [0, 0.1) is 13.8 Å². The van der Waals surface area contributed by atoms with Gasteiger partial charge in [0.2, 0.25) is 0 Å². The van der Waals surface area contributed by atoms with E-state index in [1.807, 2.05) is 19.1 Å². The average molecular weight is 306 g/mol. The molecular weight excluding hydrogens is 284 g/mol. The van der Waals surface area contributed by atoms with Gasteiger partial charge in [-0.05, 0) is 44.0 Å². The Bertz CT molecular complexity index is 610. The van der Waals surface area contributed by atoms with Gasteiger partial charge in [0.1, 0.15) is 0 Å². The summed E-state index contributed by atoms with van der Waals surface area (Å²) in [6.45, 7) is 7.00. The molecule has 0 saturated carbocycles. The number of hydrogen-bond donors (Lipinski definition) is 1. The zero-order valence-electron chi connectivity index (χ0n) is 13.2. The summed E-state index contributed by atoms with van der Waals surface area (Å²) in [6, 6.07) is 4.26. The molecule has 21 heavy (non-hydrogen) atoms. The first-order valence-corrected chi connectivity index (χ1v) is 7.80. The van der Waals surface area contributed by atoms with Gasteiger partial charge in [-0.3, -0.25) is 0 Å². The molecule has 114 valence electrons. The number of methoxy groups -OCH3 is 2. The second-order valence-corrected chi connectivity index (χ2v) is 6.09. The topological polar surface area (TPSA) is 43.4 Å². The van der Waals surface area contributed by atoms with Crippen molar-refractivity contribution in [2.45, 2.75) is 33.4 Å². The lowest BCUT2D eigenvalue weighted by Gasteiger charge is -2.16. The van der Waals surface area contributed by atoms with Crippen LogP contribution in [0.5, 0.6) is 11.5 Å². The second kappa shape index (κ2) is 6.91. The fourth-order valence-electron chi connectivity index (χ4n) is 2.16. The van der Waals surface area contributed by atoms with E-state index in [-0.39, 0.29) is 6.04 Å². The maximum absolute atomic E-state index is 5.36. The van der Waals surface area contributed by atoms with E-state index in [1.54, 1.807) is 25.6 Å². The maximum atomic E-state index is 5.36. The zero-order valence-corrected chi connectivity index (χ0v) is 14.0. The van der Waals surface area contributed by atoms with Gasteiger partial charge in [0.25, 0.3) is 0 Å². The van der Waals surface area contributed by atoms with Gasteiger partial charge < -0.3 is 14.8 Å². The predicted molar refractivity (Wildman–Crippen MR) is 86.4 cm³/mol. The highest BCUT2D eigenvalue weighted by atomic mass is 32.1. The summed E-state index contributed by atoms with van der Waals surface area (Å²) in [5, 5.41) is 6.71. The van der Waals surface area contributed by atoms with E-state index in [0.717, 1.165) is 28.7 Å². The monoisotopic (exact) mass is 306 g/mol. The number of ether oxygens (including phenoxy) is 2. The van der Waals surface area contributed by atoms with Crippen molar-refractivity contribution in [3.63, 3.8) is 0 Å². The number of benzene rings is 1. The fraction of sp³-hybridized carbons (Fsp3) is 0.438. The van der Waals surface area contributed by atoms with Gasteiger partial charge in [-0.25, -0.2) is 4.98 Å². The summed E-state index contributed by atoms with van der Waals surface area (Å²) in [7, 11) is 3.31. The van der Waals surface area contributed by atoms with Crippen LogP contribution in [0.25, 0.3) is 0 Å². The van der Waals surface area contributed by atoms with Crippen molar-refractivity contribution >= 4 is 11.3 Å². The van der Waals surface area contributed by atoms with Crippen molar-refractivity contribution in [3.8, 4) is 11.5 Å². The van der Waals surface area contributed by atoms with Crippen LogP contribution in [0.3, 0.4) is 0 Å². The molecule has 5 heteroatoms. The number of rotatable bonds is 6. The molecule has 0 aliphatic carbocycles. The number of aryl methyl sites for hydroxylation is 2. The van der Waals surface area contributed by atoms with Crippen LogP contribution in [0.2, 0.25) is 0 Å². The van der Waals surface area contributed by atoms with E-state index in [1.165, 1.54) is 11.1 Å². The van der Waals surface area contributed by atoms with Crippen LogP contribution < -0.4 is 14.8 Å². The third-order valence-electron chi connectivity index (χ3n) is 3.52. The third-order valence-corrected chi connectivity index (χ3v) is 4.31. The van der Waals surface area contributed by atoms with Crippen LogP contribution in [-0.4, -0.2) is 19.2 Å². The molecule has 0 unspecified atom stereocenters. The molecule has 0 aliphatic rings. The summed E-state index contributed by atoms with van der Waals surface area (Å²) in [5.74, 6) is 1.53. The van der Waals surface area contributed by atoms with Crippen LogP contribution in [0.15, 0.2) is 17.5 Å². The zero-order chi connectivity index (χ0) is 15.4. The van der Waals surface area contributed by atoms with Crippen molar-refractivity contribution in [2.75, 3.05) is 14.2 Å². The first kappa shape index (κ1) is 15.8. The van der Waals surface area contributed by atoms with Gasteiger partial charge in [0.05, 0.1) is 24.9 Å². The highest BCUT2D eigenvalue weighted by Gasteiger charge is 2.11. The molecule has 0 saturated heterocycles. The van der Waals surface area contributed by atoms with Crippen LogP contribution in [0.4, 0.5) is 0 Å². The Hall–Kier alpha value is -1.59. The van der Waals surface area contributed by atoms with Gasteiger partial charge in [0.15, 0.2) is 11.5 Å². The smallest absolute Gasteiger partial charge is 0.161 e. The van der Waals surface area contributed by atoms with Crippen molar-refractivity contribution < 1.29 is 9.47 Å². The molecular formula is C16H22N2O2S. The molecule has 1 aromatic heterocycles. The van der Waals surface area contributed by atoms with Crippen LogP contribution >= 0.6 is 11.3 Å². The SMILES string of the molecule is COc1cc(C)c(CN[C@H](C)c2csc(C)n2)cc1OC. The molecule has 1 N–H and O–H groups in total. The molecule has 0 bridgehead atoms. The highest BCUT2D eigenvalue weighted by Crippen LogP contribution is 2.30. The number of hydrogen-bond acceptors (Lipinski definition) is 5. The predicted octanol–water partition coefficient (Wildman–Crippen LogP) is 3.63. The Kier molecular flexibility index (Phi) is 5.20. The van der Waals surface area contributed by atoms with Gasteiger partial charge >= 0.3 is 0 Å². The van der Waals surface area contributed by atoms with Crippen molar-refractivity contribution in [1.29, 1.82) is 0 Å². The van der Waals surface area contributed by atoms with Crippen LogP contribution in [-0.2, 0) is 6.54 Å². The van der Waals surface area contributed by atoms with E-state index in [4.69, 9.17) is 9.47 Å². The number of nitrogens with zero attached hydrogens (tertiary/aromatic N) is 1. The highest BCUT2D eigenvalue weighted by molar-refractivity contribution is 7.09.